The molecule has 1 amide bonds. The highest BCUT2D eigenvalue weighted by Gasteiger charge is 2.20. The van der Waals surface area contributed by atoms with Crippen molar-refractivity contribution in [2.45, 2.75) is 27.2 Å². The van der Waals surface area contributed by atoms with Crippen LogP contribution in [0.15, 0.2) is 0 Å². The monoisotopic (exact) mass is 261 g/mol. The molecule has 98 valence electrons. The van der Waals surface area contributed by atoms with Gasteiger partial charge in [0.05, 0.1) is 0 Å². The molecule has 6 heteroatoms. The van der Waals surface area contributed by atoms with E-state index in [9.17, 15) is 14.4 Å². The fourth-order valence-electron chi connectivity index (χ4n) is 1.34. The molecule has 0 fully saturated rings. The van der Waals surface area contributed by atoms with Gasteiger partial charge in [0.2, 0.25) is 5.91 Å². The Morgan fingerprint density at radius 1 is 1.29 bits per heavy atom. The standard InChI is InChI=1S/C11H19NO4S/c1-7(2)4-9(6-17-8(3)13)11(16)12-5-10(14)15/h7,9H,4-6H2,1-3H3,(H,12,16)(H,14,15). The van der Waals surface area contributed by atoms with E-state index in [0.717, 1.165) is 11.8 Å². The molecule has 0 saturated carbocycles. The molecule has 1 unspecified atom stereocenters. The number of nitrogens with one attached hydrogen (secondary N) is 1. The van der Waals surface area contributed by atoms with Crippen molar-refractivity contribution < 1.29 is 19.5 Å². The van der Waals surface area contributed by atoms with Gasteiger partial charge in [-0.1, -0.05) is 25.6 Å². The molecule has 2 N–H and O–H groups in total. The zero-order chi connectivity index (χ0) is 13.4. The molecule has 0 heterocycles. The summed E-state index contributed by atoms with van der Waals surface area (Å²) in [5.41, 5.74) is 0. The van der Waals surface area contributed by atoms with Crippen LogP contribution in [0.25, 0.3) is 0 Å². The minimum absolute atomic E-state index is 0.0372. The van der Waals surface area contributed by atoms with E-state index in [2.05, 4.69) is 5.32 Å². The summed E-state index contributed by atoms with van der Waals surface area (Å²) in [6.07, 6.45) is 0.645. The van der Waals surface area contributed by atoms with Crippen LogP contribution in [0.3, 0.4) is 0 Å². The van der Waals surface area contributed by atoms with Crippen LogP contribution in [0.2, 0.25) is 0 Å². The summed E-state index contributed by atoms with van der Waals surface area (Å²) in [7, 11) is 0. The highest BCUT2D eigenvalue weighted by Crippen LogP contribution is 2.18. The molecule has 0 aromatic heterocycles. The van der Waals surface area contributed by atoms with Crippen molar-refractivity contribution in [2.24, 2.45) is 11.8 Å². The maximum atomic E-state index is 11.7. The van der Waals surface area contributed by atoms with E-state index in [1.54, 1.807) is 0 Å². The Morgan fingerprint density at radius 3 is 2.29 bits per heavy atom. The first-order valence-electron chi connectivity index (χ1n) is 5.45. The number of carbonyl (C=O) groups excluding carboxylic acids is 2. The lowest BCUT2D eigenvalue weighted by Gasteiger charge is -2.17. The number of rotatable bonds is 7. The summed E-state index contributed by atoms with van der Waals surface area (Å²) >= 11 is 1.10. The first-order valence-corrected chi connectivity index (χ1v) is 6.44. The SMILES string of the molecule is CC(=O)SCC(CC(C)C)C(=O)NCC(=O)O. The van der Waals surface area contributed by atoms with Crippen molar-refractivity contribution in [3.63, 3.8) is 0 Å². The highest BCUT2D eigenvalue weighted by molar-refractivity contribution is 8.13. The molecule has 1 atom stereocenters. The van der Waals surface area contributed by atoms with Gasteiger partial charge in [0.15, 0.2) is 5.12 Å². The molecular formula is C11H19NO4S. The Balaban J connectivity index is 4.28. The fourth-order valence-corrected chi connectivity index (χ4v) is 2.07. The molecular weight excluding hydrogens is 242 g/mol. The highest BCUT2D eigenvalue weighted by atomic mass is 32.2. The Hall–Kier alpha value is -1.04. The molecule has 0 aliphatic heterocycles. The third-order valence-corrected chi connectivity index (χ3v) is 3.00. The van der Waals surface area contributed by atoms with Crippen LogP contribution >= 0.6 is 11.8 Å². The molecule has 0 spiro atoms. The van der Waals surface area contributed by atoms with Crippen molar-refractivity contribution in [2.75, 3.05) is 12.3 Å². The van der Waals surface area contributed by atoms with Gasteiger partial charge in [-0.2, -0.15) is 0 Å². The predicted octanol–water partition coefficient (Wildman–Crippen LogP) is 1.13. The second-order valence-corrected chi connectivity index (χ2v) is 5.44. The molecule has 0 bridgehead atoms. The Labute approximate surface area is 105 Å². The molecule has 0 aliphatic carbocycles. The third kappa shape index (κ3) is 8.74. The van der Waals surface area contributed by atoms with Crippen molar-refractivity contribution in [3.8, 4) is 0 Å². The summed E-state index contributed by atoms with van der Waals surface area (Å²) in [5.74, 6) is -0.957. The van der Waals surface area contributed by atoms with Gasteiger partial charge in [-0.25, -0.2) is 0 Å². The molecule has 0 saturated heterocycles. The maximum Gasteiger partial charge on any atom is 0.322 e. The Morgan fingerprint density at radius 2 is 1.88 bits per heavy atom. The molecule has 0 radical (unpaired) electrons. The van der Waals surface area contributed by atoms with Gasteiger partial charge in [0, 0.05) is 18.6 Å². The predicted molar refractivity (Wildman–Crippen MR) is 66.7 cm³/mol. The fraction of sp³-hybridized carbons (Fsp3) is 0.727. The smallest absolute Gasteiger partial charge is 0.322 e. The van der Waals surface area contributed by atoms with Crippen molar-refractivity contribution in [3.05, 3.63) is 0 Å². The molecule has 0 aliphatic rings. The maximum absolute atomic E-state index is 11.7. The quantitative estimate of drug-likeness (QED) is 0.717. The second-order valence-electron chi connectivity index (χ2n) is 4.24. The molecule has 0 rings (SSSR count). The Bertz CT molecular complexity index is 291. The molecule has 0 aromatic carbocycles. The average molecular weight is 261 g/mol. The summed E-state index contributed by atoms with van der Waals surface area (Å²) in [6.45, 7) is 5.04. The van der Waals surface area contributed by atoms with Gasteiger partial charge in [-0.3, -0.25) is 14.4 Å². The van der Waals surface area contributed by atoms with Crippen LogP contribution in [0.4, 0.5) is 0 Å². The number of carboxylic acid groups (broad SMARTS) is 1. The van der Waals surface area contributed by atoms with E-state index in [0.29, 0.717) is 18.1 Å². The first-order chi connectivity index (χ1) is 7.82. The van der Waals surface area contributed by atoms with Gasteiger partial charge < -0.3 is 10.4 Å². The normalized spacial score (nSPS) is 12.2. The minimum atomic E-state index is -1.07. The van der Waals surface area contributed by atoms with E-state index in [-0.39, 0.29) is 23.5 Å². The van der Waals surface area contributed by atoms with Gasteiger partial charge in [0.1, 0.15) is 6.54 Å². The lowest BCUT2D eigenvalue weighted by molar-refractivity contribution is -0.138. The lowest BCUT2D eigenvalue weighted by atomic mass is 9.98. The topological polar surface area (TPSA) is 83.5 Å². The van der Waals surface area contributed by atoms with Crippen LogP contribution in [-0.2, 0) is 14.4 Å². The number of hydrogen-bond donors (Lipinski definition) is 2. The molecule has 0 aromatic rings. The zero-order valence-corrected chi connectivity index (χ0v) is 11.2. The van der Waals surface area contributed by atoms with Crippen LogP contribution < -0.4 is 5.32 Å². The van der Waals surface area contributed by atoms with Crippen molar-refractivity contribution >= 4 is 28.8 Å². The zero-order valence-electron chi connectivity index (χ0n) is 10.4. The lowest BCUT2D eigenvalue weighted by Crippen LogP contribution is -2.36. The van der Waals surface area contributed by atoms with E-state index < -0.39 is 5.97 Å². The Kier molecular flexibility index (Phi) is 7.61. The summed E-state index contributed by atoms with van der Waals surface area (Å²) in [5, 5.41) is 10.8. The van der Waals surface area contributed by atoms with Crippen LogP contribution in [0, 0.1) is 11.8 Å². The van der Waals surface area contributed by atoms with Crippen LogP contribution in [-0.4, -0.2) is 34.4 Å². The largest absolute Gasteiger partial charge is 0.480 e. The second kappa shape index (κ2) is 8.11. The minimum Gasteiger partial charge on any atom is -0.480 e. The summed E-state index contributed by atoms with van der Waals surface area (Å²) in [6, 6.07) is 0. The van der Waals surface area contributed by atoms with Crippen molar-refractivity contribution in [1.82, 2.24) is 5.32 Å². The van der Waals surface area contributed by atoms with Crippen molar-refractivity contribution in [1.29, 1.82) is 0 Å². The average Bonchev–Trinajstić information content (AvgIpc) is 2.19. The number of carboxylic acids is 1. The van der Waals surface area contributed by atoms with Gasteiger partial charge >= 0.3 is 5.97 Å². The summed E-state index contributed by atoms with van der Waals surface area (Å²) < 4.78 is 0. The number of carbonyl (C=O) groups is 3. The number of thioether (sulfide) groups is 1. The number of hydrogen-bond acceptors (Lipinski definition) is 4. The molecule has 17 heavy (non-hydrogen) atoms. The van der Waals surface area contributed by atoms with E-state index >= 15 is 0 Å². The third-order valence-electron chi connectivity index (χ3n) is 2.03. The number of aliphatic carboxylic acids is 1. The van der Waals surface area contributed by atoms with Gasteiger partial charge in [-0.15, -0.1) is 0 Å². The van der Waals surface area contributed by atoms with Crippen LogP contribution in [0.1, 0.15) is 27.2 Å². The summed E-state index contributed by atoms with van der Waals surface area (Å²) in [4.78, 5) is 32.9. The first kappa shape index (κ1) is 16.0. The van der Waals surface area contributed by atoms with E-state index in [4.69, 9.17) is 5.11 Å². The van der Waals surface area contributed by atoms with Gasteiger partial charge in [-0.05, 0) is 12.3 Å². The number of amides is 1. The van der Waals surface area contributed by atoms with Crippen LogP contribution in [0.5, 0.6) is 0 Å². The van der Waals surface area contributed by atoms with E-state index in [1.807, 2.05) is 13.8 Å². The van der Waals surface area contributed by atoms with E-state index in [1.165, 1.54) is 6.92 Å². The van der Waals surface area contributed by atoms with Gasteiger partial charge in [0.25, 0.3) is 0 Å². The molecule has 5 nitrogen and oxygen atoms in total.